The maximum absolute atomic E-state index is 13.3. The zero-order valence-electron chi connectivity index (χ0n) is 16.6. The number of rotatable bonds is 5. The van der Waals surface area contributed by atoms with E-state index in [4.69, 9.17) is 4.74 Å². The first kappa shape index (κ1) is 20.3. The first-order valence-electron chi connectivity index (χ1n) is 9.96. The van der Waals surface area contributed by atoms with Crippen LogP contribution in [0, 0.1) is 0 Å². The molecule has 0 atom stereocenters. The molecule has 2 amide bonds. The number of nitrogens with zero attached hydrogens (tertiary/aromatic N) is 3. The fourth-order valence-electron chi connectivity index (χ4n) is 4.42. The van der Waals surface area contributed by atoms with E-state index in [1.165, 1.54) is 4.90 Å². The van der Waals surface area contributed by atoms with Gasteiger partial charge in [-0.15, -0.1) is 0 Å². The van der Waals surface area contributed by atoms with Crippen molar-refractivity contribution in [3.05, 3.63) is 48.3 Å². The highest BCUT2D eigenvalue weighted by atomic mass is 19.4. The predicted molar refractivity (Wildman–Crippen MR) is 107 cm³/mol. The molecule has 1 aliphatic heterocycles. The quantitative estimate of drug-likeness (QED) is 0.629. The zero-order valence-corrected chi connectivity index (χ0v) is 16.6. The van der Waals surface area contributed by atoms with Gasteiger partial charge in [-0.3, -0.25) is 14.7 Å². The number of aromatic amines is 1. The number of pyridine rings is 1. The third-order valence-corrected chi connectivity index (χ3v) is 5.87. The van der Waals surface area contributed by atoms with Crippen LogP contribution in [0.5, 0.6) is 5.75 Å². The lowest BCUT2D eigenvalue weighted by atomic mass is 9.63. The predicted octanol–water partition coefficient (Wildman–Crippen LogP) is 2.46. The molecule has 0 saturated heterocycles. The second-order valence-electron chi connectivity index (χ2n) is 8.01. The van der Waals surface area contributed by atoms with E-state index in [0.29, 0.717) is 29.9 Å². The molecule has 2 N–H and O–H groups in total. The van der Waals surface area contributed by atoms with E-state index in [-0.39, 0.29) is 12.0 Å². The maximum Gasteiger partial charge on any atom is 0.405 e. The number of anilines is 1. The van der Waals surface area contributed by atoms with Crippen LogP contribution in [-0.4, -0.2) is 52.4 Å². The van der Waals surface area contributed by atoms with Crippen LogP contribution in [0.2, 0.25) is 0 Å². The second kappa shape index (κ2) is 7.21. The number of hydrogen-bond donors (Lipinski definition) is 2. The third-order valence-electron chi connectivity index (χ3n) is 5.87. The van der Waals surface area contributed by atoms with Gasteiger partial charge in [0.05, 0.1) is 17.8 Å². The number of carbonyl (C=O) groups excluding carboxylic acids is 2. The summed E-state index contributed by atoms with van der Waals surface area (Å²) in [6, 6.07) is 8.84. The molecule has 1 spiro atoms. The van der Waals surface area contributed by atoms with Crippen molar-refractivity contribution in [2.75, 3.05) is 18.0 Å². The van der Waals surface area contributed by atoms with Crippen LogP contribution in [0.15, 0.2) is 42.7 Å². The third kappa shape index (κ3) is 3.43. The molecular formula is C21H18F3N5O3. The van der Waals surface area contributed by atoms with Crippen LogP contribution in [0.3, 0.4) is 0 Å². The molecule has 11 heteroatoms. The van der Waals surface area contributed by atoms with Crippen LogP contribution < -0.4 is 15.0 Å². The highest BCUT2D eigenvalue weighted by Crippen LogP contribution is 2.54. The van der Waals surface area contributed by atoms with Gasteiger partial charge in [0.25, 0.3) is 0 Å². The average Bonchev–Trinajstić information content (AvgIpc) is 3.28. The molecule has 0 unspecified atom stereocenters. The van der Waals surface area contributed by atoms with Gasteiger partial charge in [0.15, 0.2) is 5.65 Å². The van der Waals surface area contributed by atoms with Crippen molar-refractivity contribution in [2.45, 2.75) is 30.5 Å². The number of para-hydroxylation sites is 1. The Bertz CT molecular complexity index is 1200. The Morgan fingerprint density at radius 3 is 2.84 bits per heavy atom. The first-order chi connectivity index (χ1) is 15.2. The number of hydrogen-bond acceptors (Lipinski definition) is 5. The number of halogens is 3. The number of H-pyrrole nitrogens is 1. The molecular weight excluding hydrogens is 427 g/mol. The highest BCUT2D eigenvalue weighted by Gasteiger charge is 2.59. The molecule has 1 fully saturated rings. The Labute approximate surface area is 179 Å². The van der Waals surface area contributed by atoms with Gasteiger partial charge in [-0.05, 0) is 17.7 Å². The van der Waals surface area contributed by atoms with E-state index in [1.54, 1.807) is 36.7 Å². The van der Waals surface area contributed by atoms with Crippen molar-refractivity contribution in [3.8, 4) is 5.75 Å². The molecule has 166 valence electrons. The minimum absolute atomic E-state index is 0.239. The van der Waals surface area contributed by atoms with E-state index in [2.05, 4.69) is 15.2 Å². The van der Waals surface area contributed by atoms with Crippen LogP contribution in [0.1, 0.15) is 18.4 Å². The normalized spacial score (nSPS) is 22.2. The summed E-state index contributed by atoms with van der Waals surface area (Å²) in [6.07, 6.45) is -0.753. The van der Waals surface area contributed by atoms with Crippen molar-refractivity contribution in [1.82, 2.24) is 20.5 Å². The molecule has 0 radical (unpaired) electrons. The van der Waals surface area contributed by atoms with Crippen LogP contribution >= 0.6 is 0 Å². The van der Waals surface area contributed by atoms with Crippen LogP contribution in [0.4, 0.5) is 18.9 Å². The number of alkyl halides is 3. The Balaban J connectivity index is 1.30. The molecule has 2 aliphatic rings. The smallest absolute Gasteiger partial charge is 0.405 e. The minimum atomic E-state index is -4.52. The van der Waals surface area contributed by atoms with E-state index in [9.17, 15) is 22.8 Å². The Hall–Kier alpha value is -3.63. The summed E-state index contributed by atoms with van der Waals surface area (Å²) >= 11 is 0. The summed E-state index contributed by atoms with van der Waals surface area (Å²) in [6.45, 7) is -1.91. The molecule has 1 aliphatic carbocycles. The molecule has 5 rings (SSSR count). The molecule has 8 nitrogen and oxygen atoms in total. The van der Waals surface area contributed by atoms with Gasteiger partial charge in [-0.25, -0.2) is 4.98 Å². The molecule has 3 aromatic rings. The number of nitrogens with one attached hydrogen (secondary N) is 2. The van der Waals surface area contributed by atoms with E-state index in [1.807, 2.05) is 11.4 Å². The molecule has 2 aromatic heterocycles. The largest absolute Gasteiger partial charge is 0.489 e. The van der Waals surface area contributed by atoms with Gasteiger partial charge in [0.1, 0.15) is 24.9 Å². The monoisotopic (exact) mass is 445 g/mol. The number of benzene rings is 1. The number of aromatic nitrogens is 3. The lowest BCUT2D eigenvalue weighted by Gasteiger charge is -2.43. The van der Waals surface area contributed by atoms with Crippen molar-refractivity contribution < 1.29 is 27.5 Å². The molecule has 3 heterocycles. The molecule has 1 saturated carbocycles. The molecule has 1 aromatic carbocycles. The van der Waals surface area contributed by atoms with Gasteiger partial charge in [0.2, 0.25) is 11.8 Å². The van der Waals surface area contributed by atoms with E-state index < -0.39 is 30.6 Å². The number of amides is 2. The first-order valence-corrected chi connectivity index (χ1v) is 9.96. The van der Waals surface area contributed by atoms with Gasteiger partial charge >= 0.3 is 6.18 Å². The molecule has 32 heavy (non-hydrogen) atoms. The standard InChI is InChI=1S/C21H18F3N5O3/c22-21(23,24)11-26-17(30)10-29-16-4-2-1-3-15(16)20(19(29)31)6-14(7-20)32-13-5-12-8-27-28-18(12)25-9-13/h1-5,8-9,14H,6-7,10-11H2,(H,26,30)(H,25,27,28). The Morgan fingerprint density at radius 1 is 1.28 bits per heavy atom. The van der Waals surface area contributed by atoms with Crippen molar-refractivity contribution in [1.29, 1.82) is 0 Å². The number of ether oxygens (including phenoxy) is 1. The van der Waals surface area contributed by atoms with Crippen molar-refractivity contribution in [2.24, 2.45) is 0 Å². The number of fused-ring (bicyclic) bond motifs is 3. The van der Waals surface area contributed by atoms with Crippen molar-refractivity contribution >= 4 is 28.5 Å². The van der Waals surface area contributed by atoms with Crippen LogP contribution in [-0.2, 0) is 15.0 Å². The molecule has 0 bridgehead atoms. The van der Waals surface area contributed by atoms with Gasteiger partial charge in [-0.2, -0.15) is 18.3 Å². The summed E-state index contributed by atoms with van der Waals surface area (Å²) in [7, 11) is 0. The summed E-state index contributed by atoms with van der Waals surface area (Å²) in [5, 5.41) is 9.30. The van der Waals surface area contributed by atoms with Crippen molar-refractivity contribution in [3.63, 3.8) is 0 Å². The second-order valence-corrected chi connectivity index (χ2v) is 8.01. The average molecular weight is 445 g/mol. The van der Waals surface area contributed by atoms with E-state index in [0.717, 1.165) is 10.9 Å². The SMILES string of the molecule is O=C(CN1C(=O)C2(CC(Oc3cnc4[nH]ncc4c3)C2)c2ccccc21)NCC(F)(F)F. The zero-order chi connectivity index (χ0) is 22.5. The van der Waals surface area contributed by atoms with Gasteiger partial charge in [-0.1, -0.05) is 18.2 Å². The highest BCUT2D eigenvalue weighted by molar-refractivity contribution is 6.11. The summed E-state index contributed by atoms with van der Waals surface area (Å²) in [4.78, 5) is 30.8. The summed E-state index contributed by atoms with van der Waals surface area (Å²) in [5.74, 6) is -0.612. The topological polar surface area (TPSA) is 100 Å². The lowest BCUT2D eigenvalue weighted by Crippen LogP contribution is -2.54. The number of carbonyl (C=O) groups is 2. The van der Waals surface area contributed by atoms with Gasteiger partial charge < -0.3 is 15.0 Å². The van der Waals surface area contributed by atoms with Crippen LogP contribution in [0.25, 0.3) is 11.0 Å². The summed E-state index contributed by atoms with van der Waals surface area (Å²) in [5.41, 5.74) is 1.09. The summed E-state index contributed by atoms with van der Waals surface area (Å²) < 4.78 is 43.2. The Kier molecular flexibility index (Phi) is 4.57. The van der Waals surface area contributed by atoms with E-state index >= 15 is 0 Å². The lowest BCUT2D eigenvalue weighted by molar-refractivity contribution is -0.138. The van der Waals surface area contributed by atoms with Gasteiger partial charge in [0, 0.05) is 23.9 Å². The minimum Gasteiger partial charge on any atom is -0.489 e. The Morgan fingerprint density at radius 2 is 2.06 bits per heavy atom. The maximum atomic E-state index is 13.3. The fourth-order valence-corrected chi connectivity index (χ4v) is 4.42. The fraction of sp³-hybridized carbons (Fsp3) is 0.333.